The fraction of sp³-hybridized carbons (Fsp3) is 0.474. The predicted octanol–water partition coefficient (Wildman–Crippen LogP) is 4.64. The second kappa shape index (κ2) is 7.29. The van der Waals surface area contributed by atoms with Crippen LogP contribution in [0.3, 0.4) is 0 Å². The van der Waals surface area contributed by atoms with Crippen LogP contribution in [0.2, 0.25) is 0 Å². The third-order valence-corrected chi connectivity index (χ3v) is 6.59. The molecule has 26 heavy (non-hydrogen) atoms. The molecule has 0 unspecified atom stereocenters. The lowest BCUT2D eigenvalue weighted by atomic mass is 9.95. The number of aryl methyl sites for hydroxylation is 1. The Balaban J connectivity index is 1.82. The van der Waals surface area contributed by atoms with Gasteiger partial charge in [-0.05, 0) is 43.0 Å². The van der Waals surface area contributed by atoms with Crippen molar-refractivity contribution in [3.05, 3.63) is 45.0 Å². The van der Waals surface area contributed by atoms with Crippen molar-refractivity contribution in [3.8, 4) is 5.88 Å². The minimum atomic E-state index is 0.0221. The standard InChI is InChI=1S/C19H23BrN4OS/c1-3-15-21-19-24(22-15)18(25)17(26-19)16(13-7-4-8-14(20)10-13)23-9-5-6-12(2)11-23/h4,7-8,10,12,16,25H,3,5-6,9,11H2,1-2H3/t12-,16+/m0/s1. The normalized spacial score (nSPS) is 19.9. The van der Waals surface area contributed by atoms with Crippen molar-refractivity contribution in [2.24, 2.45) is 5.92 Å². The van der Waals surface area contributed by atoms with E-state index in [1.807, 2.05) is 13.0 Å². The first-order valence-corrected chi connectivity index (χ1v) is 10.7. The highest BCUT2D eigenvalue weighted by Gasteiger charge is 2.31. The van der Waals surface area contributed by atoms with Crippen molar-refractivity contribution in [2.45, 2.75) is 39.2 Å². The summed E-state index contributed by atoms with van der Waals surface area (Å²) in [6.07, 6.45) is 3.22. The van der Waals surface area contributed by atoms with Crippen LogP contribution >= 0.6 is 27.3 Å². The quantitative estimate of drug-likeness (QED) is 0.649. The van der Waals surface area contributed by atoms with Gasteiger partial charge in [-0.1, -0.05) is 53.2 Å². The van der Waals surface area contributed by atoms with E-state index >= 15 is 0 Å². The van der Waals surface area contributed by atoms with E-state index in [0.717, 1.165) is 39.6 Å². The summed E-state index contributed by atoms with van der Waals surface area (Å²) in [6, 6.07) is 8.41. The number of hydrogen-bond donors (Lipinski definition) is 1. The topological polar surface area (TPSA) is 53.7 Å². The SMILES string of the molecule is CCc1nc2sc([C@@H](c3cccc(Br)c3)N3CCC[C@H](C)C3)c(O)n2n1. The molecule has 0 bridgehead atoms. The molecule has 3 heterocycles. The smallest absolute Gasteiger partial charge is 0.230 e. The van der Waals surface area contributed by atoms with E-state index in [-0.39, 0.29) is 11.9 Å². The maximum Gasteiger partial charge on any atom is 0.230 e. The summed E-state index contributed by atoms with van der Waals surface area (Å²) >= 11 is 5.14. The van der Waals surface area contributed by atoms with Gasteiger partial charge in [0.05, 0.1) is 10.9 Å². The zero-order chi connectivity index (χ0) is 18.3. The molecular weight excluding hydrogens is 412 g/mol. The molecule has 0 aliphatic carbocycles. The number of nitrogens with zero attached hydrogens (tertiary/aromatic N) is 4. The first kappa shape index (κ1) is 17.9. The number of hydrogen-bond acceptors (Lipinski definition) is 5. The number of rotatable bonds is 4. The van der Waals surface area contributed by atoms with Crippen LogP contribution in [0.15, 0.2) is 28.7 Å². The summed E-state index contributed by atoms with van der Waals surface area (Å²) in [5.74, 6) is 1.65. The molecule has 2 atom stereocenters. The Morgan fingerprint density at radius 2 is 2.27 bits per heavy atom. The molecule has 1 saturated heterocycles. The summed E-state index contributed by atoms with van der Waals surface area (Å²) in [4.78, 5) is 8.73. The fourth-order valence-corrected chi connectivity index (χ4v) is 5.34. The van der Waals surface area contributed by atoms with Gasteiger partial charge in [0.25, 0.3) is 0 Å². The number of halogens is 1. The molecule has 5 nitrogen and oxygen atoms in total. The summed E-state index contributed by atoms with van der Waals surface area (Å²) < 4.78 is 2.65. The van der Waals surface area contributed by atoms with Gasteiger partial charge in [-0.15, -0.1) is 5.10 Å². The number of thiazole rings is 1. The Labute approximate surface area is 165 Å². The van der Waals surface area contributed by atoms with Gasteiger partial charge in [0.2, 0.25) is 10.8 Å². The number of fused-ring (bicyclic) bond motifs is 1. The van der Waals surface area contributed by atoms with Crippen LogP contribution in [0.1, 0.15) is 49.0 Å². The largest absolute Gasteiger partial charge is 0.492 e. The summed E-state index contributed by atoms with van der Waals surface area (Å²) in [5.41, 5.74) is 1.18. The average molecular weight is 435 g/mol. The van der Waals surface area contributed by atoms with E-state index in [4.69, 9.17) is 0 Å². The number of benzene rings is 1. The Morgan fingerprint density at radius 3 is 2.96 bits per heavy atom. The molecule has 138 valence electrons. The lowest BCUT2D eigenvalue weighted by Gasteiger charge is -2.37. The highest BCUT2D eigenvalue weighted by molar-refractivity contribution is 9.10. The van der Waals surface area contributed by atoms with Crippen molar-refractivity contribution in [1.29, 1.82) is 0 Å². The summed E-state index contributed by atoms with van der Waals surface area (Å²) in [5, 5.41) is 15.4. The monoisotopic (exact) mass is 434 g/mol. The second-order valence-electron chi connectivity index (χ2n) is 7.07. The minimum Gasteiger partial charge on any atom is -0.492 e. The van der Waals surface area contributed by atoms with Crippen molar-refractivity contribution in [3.63, 3.8) is 0 Å². The Hall–Kier alpha value is -1.44. The average Bonchev–Trinajstić information content (AvgIpc) is 3.15. The third-order valence-electron chi connectivity index (χ3n) is 5.03. The van der Waals surface area contributed by atoms with Crippen molar-refractivity contribution >= 4 is 32.2 Å². The molecule has 0 saturated carbocycles. The molecule has 1 aliphatic heterocycles. The van der Waals surface area contributed by atoms with E-state index in [1.165, 1.54) is 18.4 Å². The molecule has 0 spiro atoms. The minimum absolute atomic E-state index is 0.0221. The van der Waals surface area contributed by atoms with Crippen molar-refractivity contribution in [1.82, 2.24) is 19.5 Å². The number of piperidine rings is 1. The van der Waals surface area contributed by atoms with E-state index in [1.54, 1.807) is 15.9 Å². The summed E-state index contributed by atoms with van der Waals surface area (Å²) in [7, 11) is 0. The molecule has 1 aromatic carbocycles. The highest BCUT2D eigenvalue weighted by Crippen LogP contribution is 2.41. The van der Waals surface area contributed by atoms with E-state index in [0.29, 0.717) is 5.92 Å². The van der Waals surface area contributed by atoms with Gasteiger partial charge in [-0.25, -0.2) is 4.98 Å². The number of likely N-dealkylation sites (tertiary alicyclic amines) is 1. The molecule has 7 heteroatoms. The predicted molar refractivity (Wildman–Crippen MR) is 108 cm³/mol. The summed E-state index contributed by atoms with van der Waals surface area (Å²) in [6.45, 7) is 6.40. The van der Waals surface area contributed by atoms with Crippen molar-refractivity contribution in [2.75, 3.05) is 13.1 Å². The van der Waals surface area contributed by atoms with Crippen LogP contribution < -0.4 is 0 Å². The number of aromatic nitrogens is 3. The van der Waals surface area contributed by atoms with Crippen LogP contribution in [0.5, 0.6) is 5.88 Å². The van der Waals surface area contributed by atoms with Crippen molar-refractivity contribution < 1.29 is 5.11 Å². The molecule has 0 amide bonds. The molecule has 1 N–H and O–H groups in total. The second-order valence-corrected chi connectivity index (χ2v) is 8.99. The van der Waals surface area contributed by atoms with Gasteiger partial charge in [0, 0.05) is 17.4 Å². The Bertz CT molecular complexity index is 922. The third kappa shape index (κ3) is 3.28. The van der Waals surface area contributed by atoms with Crippen LogP contribution in [0.4, 0.5) is 0 Å². The van der Waals surface area contributed by atoms with Gasteiger partial charge in [-0.2, -0.15) is 4.52 Å². The first-order valence-electron chi connectivity index (χ1n) is 9.13. The van der Waals surface area contributed by atoms with Crippen LogP contribution in [0, 0.1) is 5.92 Å². The zero-order valence-electron chi connectivity index (χ0n) is 15.0. The van der Waals surface area contributed by atoms with E-state index in [9.17, 15) is 5.11 Å². The van der Waals surface area contributed by atoms with Gasteiger partial charge in [0.1, 0.15) is 0 Å². The molecule has 1 aliphatic rings. The van der Waals surface area contributed by atoms with E-state index < -0.39 is 0 Å². The van der Waals surface area contributed by atoms with Gasteiger partial charge in [0.15, 0.2) is 5.82 Å². The zero-order valence-corrected chi connectivity index (χ0v) is 17.4. The van der Waals surface area contributed by atoms with Gasteiger partial charge < -0.3 is 5.11 Å². The Morgan fingerprint density at radius 1 is 1.42 bits per heavy atom. The lowest BCUT2D eigenvalue weighted by Crippen LogP contribution is -2.37. The molecule has 2 aromatic heterocycles. The van der Waals surface area contributed by atoms with Crippen LogP contribution in [-0.4, -0.2) is 37.7 Å². The van der Waals surface area contributed by atoms with Crippen LogP contribution in [-0.2, 0) is 6.42 Å². The number of aromatic hydroxyl groups is 1. The Kier molecular flexibility index (Phi) is 5.03. The molecule has 3 aromatic rings. The molecule has 4 rings (SSSR count). The lowest BCUT2D eigenvalue weighted by molar-refractivity contribution is 0.149. The fourth-order valence-electron chi connectivity index (χ4n) is 3.78. The molecular formula is C19H23BrN4OS. The highest BCUT2D eigenvalue weighted by atomic mass is 79.9. The van der Waals surface area contributed by atoms with Gasteiger partial charge in [-0.3, -0.25) is 4.90 Å². The maximum atomic E-state index is 10.9. The van der Waals surface area contributed by atoms with Crippen LogP contribution in [0.25, 0.3) is 4.96 Å². The maximum absolute atomic E-state index is 10.9. The van der Waals surface area contributed by atoms with Gasteiger partial charge >= 0.3 is 0 Å². The first-order chi connectivity index (χ1) is 12.6. The molecule has 0 radical (unpaired) electrons. The van der Waals surface area contributed by atoms with E-state index in [2.05, 4.69) is 56.0 Å². The molecule has 1 fully saturated rings.